The minimum absolute atomic E-state index is 0.533. The fourth-order valence-corrected chi connectivity index (χ4v) is 4.56. The zero-order valence-corrected chi connectivity index (χ0v) is 13.4. The van der Waals surface area contributed by atoms with E-state index in [1.54, 1.807) is 0 Å². The van der Waals surface area contributed by atoms with Gasteiger partial charge in [0.15, 0.2) is 0 Å². The van der Waals surface area contributed by atoms with Crippen molar-refractivity contribution in [2.24, 2.45) is 0 Å². The molecule has 110 valence electrons. The van der Waals surface area contributed by atoms with Crippen molar-refractivity contribution in [3.63, 3.8) is 0 Å². The minimum Gasteiger partial charge on any atom is -0.309 e. The molecule has 0 spiro atoms. The third-order valence-corrected chi connectivity index (χ3v) is 5.90. The van der Waals surface area contributed by atoms with Crippen LogP contribution in [0, 0.1) is 0 Å². The molecule has 3 heteroatoms. The van der Waals surface area contributed by atoms with E-state index in [-0.39, 0.29) is 0 Å². The van der Waals surface area contributed by atoms with Crippen LogP contribution in [0.5, 0.6) is 0 Å². The number of aryl methyl sites for hydroxylation is 2. The van der Waals surface area contributed by atoms with E-state index in [4.69, 9.17) is 4.98 Å². The van der Waals surface area contributed by atoms with Gasteiger partial charge in [0.05, 0.1) is 5.69 Å². The number of fused-ring (bicyclic) bond motifs is 1. The number of hydrogen-bond acceptors (Lipinski definition) is 3. The molecule has 21 heavy (non-hydrogen) atoms. The second kappa shape index (κ2) is 5.54. The normalized spacial score (nSPS) is 20.7. The molecule has 2 aromatic rings. The molecule has 0 bridgehead atoms. The smallest absolute Gasteiger partial charge is 0.101 e. The molecule has 2 aliphatic carbocycles. The van der Waals surface area contributed by atoms with Crippen LogP contribution < -0.4 is 5.32 Å². The first-order chi connectivity index (χ1) is 10.3. The fourth-order valence-electron chi connectivity index (χ4n) is 3.30. The third-order valence-electron chi connectivity index (χ3n) is 4.69. The van der Waals surface area contributed by atoms with E-state index in [2.05, 4.69) is 36.5 Å². The quantitative estimate of drug-likeness (QED) is 0.901. The summed E-state index contributed by atoms with van der Waals surface area (Å²) in [6.07, 6.45) is 6.18. The molecule has 2 aliphatic rings. The van der Waals surface area contributed by atoms with E-state index < -0.39 is 0 Å². The summed E-state index contributed by atoms with van der Waals surface area (Å²) in [4.78, 5) is 6.45. The number of hydrogen-bond donors (Lipinski definition) is 1. The van der Waals surface area contributed by atoms with Gasteiger partial charge in [-0.2, -0.15) is 0 Å². The first kappa shape index (κ1) is 13.5. The number of nitrogens with zero attached hydrogens (tertiary/aromatic N) is 1. The van der Waals surface area contributed by atoms with Gasteiger partial charge in [0, 0.05) is 23.4 Å². The number of benzene rings is 1. The van der Waals surface area contributed by atoms with Crippen LogP contribution in [0.1, 0.15) is 58.8 Å². The van der Waals surface area contributed by atoms with E-state index in [0.717, 1.165) is 19.0 Å². The number of aromatic nitrogens is 1. The zero-order valence-electron chi connectivity index (χ0n) is 12.6. The second-order valence-corrected chi connectivity index (χ2v) is 7.34. The van der Waals surface area contributed by atoms with Crippen molar-refractivity contribution in [1.29, 1.82) is 0 Å². The summed E-state index contributed by atoms with van der Waals surface area (Å²) in [5.41, 5.74) is 4.34. The average molecular weight is 298 g/mol. The van der Waals surface area contributed by atoms with Crippen LogP contribution >= 0.6 is 11.3 Å². The molecule has 1 fully saturated rings. The molecule has 0 saturated heterocycles. The van der Waals surface area contributed by atoms with E-state index in [0.29, 0.717) is 5.92 Å². The lowest BCUT2D eigenvalue weighted by molar-refractivity contribution is 0.688. The molecule has 4 rings (SSSR count). The van der Waals surface area contributed by atoms with E-state index in [1.165, 1.54) is 52.4 Å². The maximum absolute atomic E-state index is 4.99. The third kappa shape index (κ3) is 2.65. The molecule has 2 nitrogen and oxygen atoms in total. The van der Waals surface area contributed by atoms with Gasteiger partial charge in [-0.15, -0.1) is 11.3 Å². The van der Waals surface area contributed by atoms with Gasteiger partial charge in [-0.25, -0.2) is 4.98 Å². The van der Waals surface area contributed by atoms with Crippen molar-refractivity contribution in [3.05, 3.63) is 51.0 Å². The Bertz CT molecular complexity index is 642. The fraction of sp³-hybridized carbons (Fsp3) is 0.500. The van der Waals surface area contributed by atoms with E-state index in [9.17, 15) is 0 Å². The monoisotopic (exact) mass is 298 g/mol. The molecule has 1 heterocycles. The molecule has 1 aromatic carbocycles. The van der Waals surface area contributed by atoms with Gasteiger partial charge < -0.3 is 5.32 Å². The van der Waals surface area contributed by atoms with Crippen LogP contribution in [0.15, 0.2) is 24.3 Å². The number of thiazole rings is 1. The van der Waals surface area contributed by atoms with Crippen molar-refractivity contribution in [1.82, 2.24) is 10.3 Å². The Hall–Kier alpha value is -1.19. The molecule has 1 atom stereocenters. The van der Waals surface area contributed by atoms with Crippen molar-refractivity contribution < 1.29 is 0 Å². The minimum atomic E-state index is 0.533. The summed E-state index contributed by atoms with van der Waals surface area (Å²) in [7, 11) is 0. The Morgan fingerprint density at radius 1 is 1.24 bits per heavy atom. The van der Waals surface area contributed by atoms with Crippen molar-refractivity contribution in [3.8, 4) is 0 Å². The van der Waals surface area contributed by atoms with E-state index >= 15 is 0 Å². The summed E-state index contributed by atoms with van der Waals surface area (Å²) >= 11 is 1.94. The van der Waals surface area contributed by atoms with E-state index in [1.807, 2.05) is 11.3 Å². The second-order valence-electron chi connectivity index (χ2n) is 6.22. The highest BCUT2D eigenvalue weighted by Gasteiger charge is 2.27. The molecule has 0 aliphatic heterocycles. The summed E-state index contributed by atoms with van der Waals surface area (Å²) in [6, 6.07) is 9.67. The lowest BCUT2D eigenvalue weighted by atomic mass is 10.0. The first-order valence-electron chi connectivity index (χ1n) is 8.14. The molecule has 1 saturated carbocycles. The van der Waals surface area contributed by atoms with Crippen LogP contribution in [0.4, 0.5) is 0 Å². The standard InChI is InChI=1S/C18H22N2S/c1-2-16-17(11-19-13-8-9-13)21-18(20-16)15-10-7-12-5-3-4-6-14(12)15/h3-6,13,15,19H,2,7-11H2,1H3. The number of rotatable bonds is 5. The van der Waals surface area contributed by atoms with Gasteiger partial charge in [-0.1, -0.05) is 31.2 Å². The van der Waals surface area contributed by atoms with Gasteiger partial charge in [-0.05, 0) is 43.2 Å². The van der Waals surface area contributed by atoms with Crippen molar-refractivity contribution in [2.45, 2.75) is 57.5 Å². The first-order valence-corrected chi connectivity index (χ1v) is 8.96. The van der Waals surface area contributed by atoms with Gasteiger partial charge in [0.2, 0.25) is 0 Å². The Balaban J connectivity index is 1.60. The summed E-state index contributed by atoms with van der Waals surface area (Å²) < 4.78 is 0. The molecule has 1 unspecified atom stereocenters. The SMILES string of the molecule is CCc1nc(C2CCc3ccccc32)sc1CNC1CC1. The molecule has 0 radical (unpaired) electrons. The molecular weight excluding hydrogens is 276 g/mol. The van der Waals surface area contributed by atoms with Crippen LogP contribution in [0.25, 0.3) is 0 Å². The van der Waals surface area contributed by atoms with Crippen LogP contribution in [-0.2, 0) is 19.4 Å². The molecule has 0 amide bonds. The average Bonchev–Trinajstić information content (AvgIpc) is 3.10. The Labute approximate surface area is 130 Å². The predicted octanol–water partition coefficient (Wildman–Crippen LogP) is 4.04. The largest absolute Gasteiger partial charge is 0.309 e. The lowest BCUT2D eigenvalue weighted by Crippen LogP contribution is -2.15. The Morgan fingerprint density at radius 3 is 2.90 bits per heavy atom. The van der Waals surface area contributed by atoms with Crippen molar-refractivity contribution >= 4 is 11.3 Å². The summed E-state index contributed by atoms with van der Waals surface area (Å²) in [6.45, 7) is 3.24. The van der Waals surface area contributed by atoms with Crippen LogP contribution in [0.3, 0.4) is 0 Å². The van der Waals surface area contributed by atoms with Gasteiger partial charge in [0.25, 0.3) is 0 Å². The molecule has 1 aromatic heterocycles. The summed E-state index contributed by atoms with van der Waals surface area (Å²) in [5, 5.41) is 4.98. The molecule has 1 N–H and O–H groups in total. The van der Waals surface area contributed by atoms with Gasteiger partial charge in [0.1, 0.15) is 5.01 Å². The highest BCUT2D eigenvalue weighted by molar-refractivity contribution is 7.11. The zero-order chi connectivity index (χ0) is 14.2. The Morgan fingerprint density at radius 2 is 2.10 bits per heavy atom. The summed E-state index contributed by atoms with van der Waals surface area (Å²) in [5.74, 6) is 0.533. The lowest BCUT2D eigenvalue weighted by Gasteiger charge is -2.07. The highest BCUT2D eigenvalue weighted by atomic mass is 32.1. The van der Waals surface area contributed by atoms with Gasteiger partial charge in [-0.3, -0.25) is 0 Å². The maximum atomic E-state index is 4.99. The predicted molar refractivity (Wildman–Crippen MR) is 88.0 cm³/mol. The molecular formula is C18H22N2S. The number of nitrogens with one attached hydrogen (secondary N) is 1. The van der Waals surface area contributed by atoms with Crippen LogP contribution in [-0.4, -0.2) is 11.0 Å². The Kier molecular flexibility index (Phi) is 3.56. The highest BCUT2D eigenvalue weighted by Crippen LogP contribution is 2.40. The van der Waals surface area contributed by atoms with Gasteiger partial charge >= 0.3 is 0 Å². The topological polar surface area (TPSA) is 24.9 Å². The van der Waals surface area contributed by atoms with Crippen molar-refractivity contribution in [2.75, 3.05) is 0 Å². The van der Waals surface area contributed by atoms with Crippen LogP contribution in [0.2, 0.25) is 0 Å². The maximum Gasteiger partial charge on any atom is 0.101 e.